The van der Waals surface area contributed by atoms with Crippen LogP contribution in [0.25, 0.3) is 11.1 Å². The molecule has 0 saturated heterocycles. The van der Waals surface area contributed by atoms with Crippen molar-refractivity contribution in [3.63, 3.8) is 0 Å². The van der Waals surface area contributed by atoms with Crippen molar-refractivity contribution in [3.05, 3.63) is 90.0 Å². The Hall–Kier alpha value is -3.40. The van der Waals surface area contributed by atoms with Gasteiger partial charge in [-0.2, -0.15) is 5.10 Å². The van der Waals surface area contributed by atoms with Crippen molar-refractivity contribution in [2.24, 2.45) is 5.10 Å². The van der Waals surface area contributed by atoms with E-state index in [-0.39, 0.29) is 5.91 Å². The van der Waals surface area contributed by atoms with Gasteiger partial charge in [0.1, 0.15) is 0 Å². The first kappa shape index (κ1) is 19.4. The van der Waals surface area contributed by atoms with E-state index < -0.39 is 0 Å². The third-order valence-corrected chi connectivity index (χ3v) is 4.66. The lowest BCUT2D eigenvalue weighted by molar-refractivity contribution is 0.0955. The van der Waals surface area contributed by atoms with E-state index in [0.717, 1.165) is 29.8 Å². The molecule has 0 aliphatic carbocycles. The maximum atomic E-state index is 12.3. The van der Waals surface area contributed by atoms with Crippen molar-refractivity contribution in [2.75, 3.05) is 18.0 Å². The SMILES string of the molecule is CCN(CC)c1ccc(C=NNC(=O)c2ccc(-c3ccccc3)cc2)cc1. The topological polar surface area (TPSA) is 44.7 Å². The van der Waals surface area contributed by atoms with Crippen LogP contribution < -0.4 is 10.3 Å². The smallest absolute Gasteiger partial charge is 0.271 e. The van der Waals surface area contributed by atoms with E-state index in [9.17, 15) is 4.79 Å². The van der Waals surface area contributed by atoms with Gasteiger partial charge in [0.15, 0.2) is 0 Å². The van der Waals surface area contributed by atoms with Gasteiger partial charge < -0.3 is 4.90 Å². The fraction of sp³-hybridized carbons (Fsp3) is 0.167. The number of nitrogens with zero attached hydrogens (tertiary/aromatic N) is 2. The summed E-state index contributed by atoms with van der Waals surface area (Å²) in [6.45, 7) is 6.23. The fourth-order valence-corrected chi connectivity index (χ4v) is 3.03. The van der Waals surface area contributed by atoms with Crippen molar-refractivity contribution in [2.45, 2.75) is 13.8 Å². The fourth-order valence-electron chi connectivity index (χ4n) is 3.03. The second-order valence-electron chi connectivity index (χ2n) is 6.41. The average Bonchev–Trinajstić information content (AvgIpc) is 2.76. The van der Waals surface area contributed by atoms with Gasteiger partial charge in [-0.1, -0.05) is 54.6 Å². The van der Waals surface area contributed by atoms with Gasteiger partial charge in [-0.05, 0) is 54.8 Å². The molecular formula is C24H25N3O. The minimum atomic E-state index is -0.226. The highest BCUT2D eigenvalue weighted by atomic mass is 16.2. The summed E-state index contributed by atoms with van der Waals surface area (Å²) < 4.78 is 0. The number of hydrazone groups is 1. The minimum absolute atomic E-state index is 0.226. The molecule has 1 amide bonds. The summed E-state index contributed by atoms with van der Waals surface area (Å²) in [5.41, 5.74) is 7.49. The number of benzene rings is 3. The molecule has 3 rings (SSSR count). The van der Waals surface area contributed by atoms with Crippen LogP contribution in [0, 0.1) is 0 Å². The van der Waals surface area contributed by atoms with Crippen LogP contribution in [0.1, 0.15) is 29.8 Å². The van der Waals surface area contributed by atoms with Crippen LogP contribution in [0.2, 0.25) is 0 Å². The van der Waals surface area contributed by atoms with Crippen molar-refractivity contribution >= 4 is 17.8 Å². The van der Waals surface area contributed by atoms with Crippen molar-refractivity contribution in [1.82, 2.24) is 5.43 Å². The maximum absolute atomic E-state index is 12.3. The molecule has 4 heteroatoms. The van der Waals surface area contributed by atoms with Gasteiger partial charge in [0, 0.05) is 24.3 Å². The average molecular weight is 371 g/mol. The molecule has 0 fully saturated rings. The quantitative estimate of drug-likeness (QED) is 0.471. The normalized spacial score (nSPS) is 10.8. The molecule has 0 aliphatic heterocycles. The number of carbonyl (C=O) groups excluding carboxylic acids is 1. The molecule has 28 heavy (non-hydrogen) atoms. The summed E-state index contributed by atoms with van der Waals surface area (Å²) in [5, 5.41) is 4.08. The molecule has 3 aromatic carbocycles. The number of nitrogens with one attached hydrogen (secondary N) is 1. The highest BCUT2D eigenvalue weighted by molar-refractivity contribution is 5.95. The lowest BCUT2D eigenvalue weighted by atomic mass is 10.0. The summed E-state index contributed by atoms with van der Waals surface area (Å²) in [4.78, 5) is 14.6. The molecule has 0 aliphatic rings. The summed E-state index contributed by atoms with van der Waals surface area (Å²) >= 11 is 0. The first-order valence-electron chi connectivity index (χ1n) is 9.55. The first-order chi connectivity index (χ1) is 13.7. The third kappa shape index (κ3) is 4.86. The molecule has 0 unspecified atom stereocenters. The summed E-state index contributed by atoms with van der Waals surface area (Å²) in [6, 6.07) is 25.7. The molecule has 0 atom stereocenters. The van der Waals surface area contributed by atoms with Crippen LogP contribution in [0.5, 0.6) is 0 Å². The Morgan fingerprint density at radius 3 is 2.07 bits per heavy atom. The molecule has 4 nitrogen and oxygen atoms in total. The number of anilines is 1. The zero-order chi connectivity index (χ0) is 19.8. The van der Waals surface area contributed by atoms with Gasteiger partial charge in [0.2, 0.25) is 0 Å². The van der Waals surface area contributed by atoms with E-state index in [1.807, 2.05) is 66.7 Å². The summed E-state index contributed by atoms with van der Waals surface area (Å²) in [7, 11) is 0. The number of carbonyl (C=O) groups is 1. The molecule has 0 aromatic heterocycles. The van der Waals surface area contributed by atoms with Crippen LogP contribution in [0.3, 0.4) is 0 Å². The van der Waals surface area contributed by atoms with Gasteiger partial charge in [0.05, 0.1) is 6.21 Å². The van der Waals surface area contributed by atoms with Gasteiger partial charge >= 0.3 is 0 Å². The molecule has 1 N–H and O–H groups in total. The van der Waals surface area contributed by atoms with Crippen molar-refractivity contribution < 1.29 is 4.79 Å². The van der Waals surface area contributed by atoms with Gasteiger partial charge in [-0.25, -0.2) is 5.43 Å². The number of rotatable bonds is 7. The number of hydrogen-bond donors (Lipinski definition) is 1. The van der Waals surface area contributed by atoms with Crippen molar-refractivity contribution in [3.8, 4) is 11.1 Å². The van der Waals surface area contributed by atoms with Crippen LogP contribution in [0.4, 0.5) is 5.69 Å². The standard InChI is InChI=1S/C24H25N3O/c1-3-27(4-2)23-16-10-19(11-17-23)18-25-26-24(28)22-14-12-21(13-15-22)20-8-6-5-7-9-20/h5-18H,3-4H2,1-2H3,(H,26,28). The Morgan fingerprint density at radius 2 is 1.46 bits per heavy atom. The Morgan fingerprint density at radius 1 is 0.857 bits per heavy atom. The van der Waals surface area contributed by atoms with E-state index in [4.69, 9.17) is 0 Å². The van der Waals surface area contributed by atoms with Gasteiger partial charge in [0.25, 0.3) is 5.91 Å². The van der Waals surface area contributed by atoms with Crippen LogP contribution >= 0.6 is 0 Å². The second kappa shape index (κ2) is 9.51. The van der Waals surface area contributed by atoms with Crippen LogP contribution in [-0.2, 0) is 0 Å². The molecular weight excluding hydrogens is 346 g/mol. The molecule has 0 saturated carbocycles. The maximum Gasteiger partial charge on any atom is 0.271 e. The monoisotopic (exact) mass is 371 g/mol. The highest BCUT2D eigenvalue weighted by Gasteiger charge is 2.05. The predicted molar refractivity (Wildman–Crippen MR) is 117 cm³/mol. The highest BCUT2D eigenvalue weighted by Crippen LogP contribution is 2.19. The van der Waals surface area contributed by atoms with Gasteiger partial charge in [-0.3, -0.25) is 4.79 Å². The van der Waals surface area contributed by atoms with Crippen molar-refractivity contribution in [1.29, 1.82) is 0 Å². The molecule has 0 radical (unpaired) electrons. The number of hydrogen-bond acceptors (Lipinski definition) is 3. The third-order valence-electron chi connectivity index (χ3n) is 4.66. The molecule has 0 bridgehead atoms. The van der Waals surface area contributed by atoms with E-state index in [2.05, 4.69) is 41.4 Å². The van der Waals surface area contributed by atoms with Crippen LogP contribution in [0.15, 0.2) is 84.0 Å². The second-order valence-corrected chi connectivity index (χ2v) is 6.41. The summed E-state index contributed by atoms with van der Waals surface area (Å²) in [5.74, 6) is -0.226. The van der Waals surface area contributed by atoms with Gasteiger partial charge in [-0.15, -0.1) is 0 Å². The Balaban J connectivity index is 1.59. The van der Waals surface area contributed by atoms with E-state index in [1.165, 1.54) is 5.69 Å². The zero-order valence-corrected chi connectivity index (χ0v) is 16.3. The Bertz CT molecular complexity index is 912. The Kier molecular flexibility index (Phi) is 6.58. The summed E-state index contributed by atoms with van der Waals surface area (Å²) in [6.07, 6.45) is 1.66. The zero-order valence-electron chi connectivity index (χ0n) is 16.3. The van der Waals surface area contributed by atoms with E-state index in [1.54, 1.807) is 6.21 Å². The number of amides is 1. The Labute approximate surface area is 166 Å². The largest absolute Gasteiger partial charge is 0.372 e. The van der Waals surface area contributed by atoms with Crippen LogP contribution in [-0.4, -0.2) is 25.2 Å². The first-order valence-corrected chi connectivity index (χ1v) is 9.55. The molecule has 3 aromatic rings. The lowest BCUT2D eigenvalue weighted by Gasteiger charge is -2.20. The predicted octanol–water partition coefficient (Wildman–Crippen LogP) is 4.96. The molecule has 142 valence electrons. The molecule has 0 spiro atoms. The lowest BCUT2D eigenvalue weighted by Crippen LogP contribution is -2.21. The van der Waals surface area contributed by atoms with E-state index in [0.29, 0.717) is 5.56 Å². The van der Waals surface area contributed by atoms with E-state index >= 15 is 0 Å². The molecule has 0 heterocycles. The minimum Gasteiger partial charge on any atom is -0.372 e.